The topological polar surface area (TPSA) is 105 Å². The fraction of sp³-hybridized carbons (Fsp3) is 0.348. The highest BCUT2D eigenvalue weighted by atomic mass is 32.2. The van der Waals surface area contributed by atoms with Crippen LogP contribution in [0.15, 0.2) is 59.5 Å². The highest BCUT2D eigenvalue weighted by Gasteiger charge is 2.27. The first-order valence-corrected chi connectivity index (χ1v) is 12.3. The van der Waals surface area contributed by atoms with Crippen molar-refractivity contribution in [1.29, 1.82) is 0 Å². The smallest absolute Gasteiger partial charge is 0.275 e. The number of nitrogens with one attached hydrogen (secondary N) is 1. The molecule has 33 heavy (non-hydrogen) atoms. The van der Waals surface area contributed by atoms with Crippen molar-refractivity contribution in [2.45, 2.75) is 17.7 Å². The molecule has 10 heteroatoms. The summed E-state index contributed by atoms with van der Waals surface area (Å²) in [6.45, 7) is 1.25. The van der Waals surface area contributed by atoms with Crippen LogP contribution in [-0.4, -0.2) is 71.9 Å². The van der Waals surface area contributed by atoms with Gasteiger partial charge in [0.2, 0.25) is 15.9 Å². The van der Waals surface area contributed by atoms with E-state index in [2.05, 4.69) is 10.4 Å². The molecule has 1 aliphatic rings. The predicted molar refractivity (Wildman–Crippen MR) is 124 cm³/mol. The Morgan fingerprint density at radius 2 is 1.70 bits per heavy atom. The number of para-hydroxylation sites is 1. The Bertz CT molecular complexity index is 1260. The number of rotatable bonds is 3. The van der Waals surface area contributed by atoms with Gasteiger partial charge in [-0.1, -0.05) is 36.4 Å². The fourth-order valence-corrected chi connectivity index (χ4v) is 5.51. The second kappa shape index (κ2) is 9.72. The number of sulfonamides is 1. The van der Waals surface area contributed by atoms with Crippen molar-refractivity contribution in [3.63, 3.8) is 0 Å². The number of benzene rings is 2. The van der Waals surface area contributed by atoms with Gasteiger partial charge in [0.15, 0.2) is 5.69 Å². The van der Waals surface area contributed by atoms with Crippen LogP contribution in [0.4, 0.5) is 0 Å². The van der Waals surface area contributed by atoms with Crippen LogP contribution in [0.3, 0.4) is 0 Å². The Kier molecular flexibility index (Phi) is 6.75. The summed E-state index contributed by atoms with van der Waals surface area (Å²) < 4.78 is 29.3. The van der Waals surface area contributed by atoms with Crippen molar-refractivity contribution >= 4 is 32.7 Å². The molecule has 3 aromatic rings. The van der Waals surface area contributed by atoms with Crippen molar-refractivity contribution in [3.05, 3.63) is 60.3 Å². The molecular formula is C23H27N5O4S. The molecule has 0 aliphatic carbocycles. The molecule has 4 rings (SSSR count). The summed E-state index contributed by atoms with van der Waals surface area (Å²) in [4.78, 5) is 27.5. The van der Waals surface area contributed by atoms with E-state index in [0.717, 1.165) is 10.9 Å². The van der Waals surface area contributed by atoms with Crippen molar-refractivity contribution in [1.82, 2.24) is 24.3 Å². The quantitative estimate of drug-likeness (QED) is 0.628. The van der Waals surface area contributed by atoms with E-state index in [1.807, 2.05) is 24.3 Å². The maximum atomic E-state index is 13.4. The Morgan fingerprint density at radius 1 is 0.970 bits per heavy atom. The minimum atomic E-state index is -3.75. The Balaban J connectivity index is 1.56. The lowest BCUT2D eigenvalue weighted by Crippen LogP contribution is -2.39. The molecule has 1 aromatic heterocycles. The summed E-state index contributed by atoms with van der Waals surface area (Å²) in [5.74, 6) is -0.487. The number of aryl methyl sites for hydroxylation is 1. The van der Waals surface area contributed by atoms with Crippen molar-refractivity contribution in [2.24, 2.45) is 7.05 Å². The number of fused-ring (bicyclic) bond motifs is 1. The number of hydrogen-bond acceptors (Lipinski definition) is 5. The zero-order valence-electron chi connectivity index (χ0n) is 18.5. The average molecular weight is 470 g/mol. The van der Waals surface area contributed by atoms with Gasteiger partial charge in [-0.15, -0.1) is 0 Å². The summed E-state index contributed by atoms with van der Waals surface area (Å²) in [5, 5.41) is 7.97. The van der Waals surface area contributed by atoms with Crippen molar-refractivity contribution in [2.75, 3.05) is 32.7 Å². The molecule has 1 aliphatic heterocycles. The summed E-state index contributed by atoms with van der Waals surface area (Å²) in [5.41, 5.74) is 1.20. The van der Waals surface area contributed by atoms with E-state index in [4.69, 9.17) is 0 Å². The normalized spacial score (nSPS) is 16.9. The van der Waals surface area contributed by atoms with Crippen LogP contribution >= 0.6 is 0 Å². The molecule has 0 radical (unpaired) electrons. The van der Waals surface area contributed by atoms with Crippen molar-refractivity contribution < 1.29 is 18.0 Å². The summed E-state index contributed by atoms with van der Waals surface area (Å²) in [7, 11) is -1.96. The van der Waals surface area contributed by atoms with Gasteiger partial charge in [-0.3, -0.25) is 14.3 Å². The van der Waals surface area contributed by atoms with Gasteiger partial charge in [-0.05, 0) is 24.6 Å². The van der Waals surface area contributed by atoms with Gasteiger partial charge < -0.3 is 10.2 Å². The number of hydrogen-bond donors (Lipinski definition) is 1. The van der Waals surface area contributed by atoms with Crippen LogP contribution in [0, 0.1) is 0 Å². The first-order chi connectivity index (χ1) is 15.9. The lowest BCUT2D eigenvalue weighted by atomic mass is 10.2. The third-order valence-corrected chi connectivity index (χ3v) is 7.67. The molecule has 2 amide bonds. The van der Waals surface area contributed by atoms with Crippen LogP contribution in [-0.2, 0) is 21.9 Å². The Labute approximate surface area is 193 Å². The third kappa shape index (κ3) is 4.91. The Hall–Kier alpha value is -3.24. The molecule has 0 atom stereocenters. The van der Waals surface area contributed by atoms with E-state index in [-0.39, 0.29) is 36.2 Å². The molecule has 0 saturated carbocycles. The summed E-state index contributed by atoms with van der Waals surface area (Å²) in [6, 6.07) is 15.7. The van der Waals surface area contributed by atoms with Gasteiger partial charge in [0.25, 0.3) is 5.91 Å². The fourth-order valence-electron chi connectivity index (χ4n) is 4.01. The van der Waals surface area contributed by atoms with Crippen LogP contribution in [0.2, 0.25) is 0 Å². The lowest BCUT2D eigenvalue weighted by Gasteiger charge is -2.24. The van der Waals surface area contributed by atoms with E-state index in [1.54, 1.807) is 47.0 Å². The summed E-state index contributed by atoms with van der Waals surface area (Å²) >= 11 is 0. The van der Waals surface area contributed by atoms with E-state index < -0.39 is 10.0 Å². The zero-order chi connectivity index (χ0) is 23.4. The molecule has 2 heterocycles. The third-order valence-electron chi connectivity index (χ3n) is 5.76. The number of aromatic nitrogens is 2. The molecular weight excluding hydrogens is 442 g/mol. The van der Waals surface area contributed by atoms with Gasteiger partial charge in [0, 0.05) is 51.6 Å². The molecule has 2 aromatic carbocycles. The van der Waals surface area contributed by atoms with Gasteiger partial charge in [0.05, 0.1) is 10.4 Å². The highest BCUT2D eigenvalue weighted by molar-refractivity contribution is 7.89. The van der Waals surface area contributed by atoms with E-state index in [0.29, 0.717) is 31.7 Å². The number of carbonyl (C=O) groups is 2. The lowest BCUT2D eigenvalue weighted by molar-refractivity contribution is -0.121. The van der Waals surface area contributed by atoms with Gasteiger partial charge in [-0.25, -0.2) is 8.42 Å². The molecule has 0 unspecified atom stereocenters. The van der Waals surface area contributed by atoms with Crippen LogP contribution in [0.1, 0.15) is 23.3 Å². The predicted octanol–water partition coefficient (Wildman–Crippen LogP) is 1.62. The number of amides is 2. The van der Waals surface area contributed by atoms with E-state index >= 15 is 0 Å². The van der Waals surface area contributed by atoms with E-state index in [9.17, 15) is 18.0 Å². The molecule has 1 N–H and O–H groups in total. The largest absolute Gasteiger partial charge is 0.354 e. The second-order valence-corrected chi connectivity index (χ2v) is 9.89. The maximum absolute atomic E-state index is 13.4. The zero-order valence-corrected chi connectivity index (χ0v) is 19.3. The first-order valence-electron chi connectivity index (χ1n) is 10.9. The molecule has 0 bridgehead atoms. The molecule has 1 fully saturated rings. The second-order valence-electron chi connectivity index (χ2n) is 7.95. The summed E-state index contributed by atoms with van der Waals surface area (Å²) in [6.07, 6.45) is 0.502. The highest BCUT2D eigenvalue weighted by Crippen LogP contribution is 2.20. The molecule has 1 saturated heterocycles. The van der Waals surface area contributed by atoms with Gasteiger partial charge in [0.1, 0.15) is 0 Å². The maximum Gasteiger partial charge on any atom is 0.275 e. The SMILES string of the molecule is Cn1nc(C(=O)N2CCCN(S(=O)(=O)c3ccccc3)CCC(=O)NCC2)c2ccccc21. The number of nitrogens with zero attached hydrogens (tertiary/aromatic N) is 4. The van der Waals surface area contributed by atoms with E-state index in [1.165, 1.54) is 4.31 Å². The van der Waals surface area contributed by atoms with Gasteiger partial charge in [-0.2, -0.15) is 9.40 Å². The standard InChI is InChI=1S/C23H27N5O4S/c1-26-20-11-6-5-10-19(20)22(25-26)23(30)27-14-7-15-28(16-12-21(29)24-13-17-27)33(31,32)18-8-3-2-4-9-18/h2-6,8-11H,7,12-17H2,1H3,(H,24,29). The molecule has 0 spiro atoms. The molecule has 174 valence electrons. The van der Waals surface area contributed by atoms with Gasteiger partial charge >= 0.3 is 0 Å². The van der Waals surface area contributed by atoms with Crippen molar-refractivity contribution in [3.8, 4) is 0 Å². The molecule has 9 nitrogen and oxygen atoms in total. The monoisotopic (exact) mass is 469 g/mol. The minimum Gasteiger partial charge on any atom is -0.354 e. The number of carbonyl (C=O) groups excluding carboxylic acids is 2. The van der Waals surface area contributed by atoms with Crippen LogP contribution in [0.25, 0.3) is 10.9 Å². The van der Waals surface area contributed by atoms with Crippen LogP contribution in [0.5, 0.6) is 0 Å². The van der Waals surface area contributed by atoms with Crippen LogP contribution < -0.4 is 5.32 Å². The average Bonchev–Trinajstić information content (AvgIpc) is 3.14. The Morgan fingerprint density at radius 3 is 2.48 bits per heavy atom. The first kappa shape index (κ1) is 22.9. The minimum absolute atomic E-state index is 0.0604.